The molecule has 0 saturated heterocycles. The SMILES string of the molecule is CCCCCCCCCCCCCCCCCCCCC(=O)OCC(CO)OCc1ccccc1. The Morgan fingerprint density at radius 3 is 1.63 bits per heavy atom. The minimum Gasteiger partial charge on any atom is -0.463 e. The number of aliphatic hydroxyl groups is 1. The van der Waals surface area contributed by atoms with Crippen molar-refractivity contribution < 1.29 is 19.4 Å². The molecule has 0 spiro atoms. The van der Waals surface area contributed by atoms with Gasteiger partial charge in [0.2, 0.25) is 0 Å². The summed E-state index contributed by atoms with van der Waals surface area (Å²) in [6.07, 6.45) is 24.1. The fourth-order valence-electron chi connectivity index (χ4n) is 4.37. The highest BCUT2D eigenvalue weighted by Gasteiger charge is 2.12. The third-order valence-corrected chi connectivity index (χ3v) is 6.70. The molecule has 0 radical (unpaired) electrons. The number of benzene rings is 1. The predicted molar refractivity (Wildman–Crippen MR) is 146 cm³/mol. The highest BCUT2D eigenvalue weighted by atomic mass is 16.6. The maximum absolute atomic E-state index is 12.0. The molecule has 0 saturated carbocycles. The molecule has 0 heterocycles. The average Bonchev–Trinajstić information content (AvgIpc) is 2.88. The fourth-order valence-corrected chi connectivity index (χ4v) is 4.37. The van der Waals surface area contributed by atoms with Crippen LogP contribution in [0.2, 0.25) is 0 Å². The zero-order chi connectivity index (χ0) is 25.2. The molecule has 1 rings (SSSR count). The summed E-state index contributed by atoms with van der Waals surface area (Å²) < 4.78 is 10.9. The second kappa shape index (κ2) is 24.3. The van der Waals surface area contributed by atoms with Gasteiger partial charge in [-0.25, -0.2) is 0 Å². The van der Waals surface area contributed by atoms with E-state index >= 15 is 0 Å². The Balaban J connectivity index is 1.82. The summed E-state index contributed by atoms with van der Waals surface area (Å²) >= 11 is 0. The summed E-state index contributed by atoms with van der Waals surface area (Å²) in [4.78, 5) is 12.0. The van der Waals surface area contributed by atoms with Gasteiger partial charge >= 0.3 is 5.97 Å². The first-order valence-corrected chi connectivity index (χ1v) is 14.7. The molecule has 0 fully saturated rings. The zero-order valence-electron chi connectivity index (χ0n) is 22.7. The first kappa shape index (κ1) is 31.6. The van der Waals surface area contributed by atoms with Gasteiger partial charge in [-0.1, -0.05) is 146 Å². The number of carbonyl (C=O) groups is 1. The van der Waals surface area contributed by atoms with Gasteiger partial charge in [-0.3, -0.25) is 4.79 Å². The van der Waals surface area contributed by atoms with Crippen LogP contribution >= 0.6 is 0 Å². The van der Waals surface area contributed by atoms with Crippen molar-refractivity contribution in [3.05, 3.63) is 35.9 Å². The number of hydrogen-bond acceptors (Lipinski definition) is 4. The van der Waals surface area contributed by atoms with E-state index in [1.807, 2.05) is 30.3 Å². The van der Waals surface area contributed by atoms with Crippen molar-refractivity contribution in [1.29, 1.82) is 0 Å². The van der Waals surface area contributed by atoms with Crippen molar-refractivity contribution in [2.45, 2.75) is 142 Å². The predicted octanol–water partition coefficient (Wildman–Crippen LogP) is 8.54. The van der Waals surface area contributed by atoms with Gasteiger partial charge in [0.15, 0.2) is 0 Å². The van der Waals surface area contributed by atoms with Gasteiger partial charge in [0.25, 0.3) is 0 Å². The number of aliphatic hydroxyl groups excluding tert-OH is 1. The van der Waals surface area contributed by atoms with Crippen LogP contribution in [0.15, 0.2) is 30.3 Å². The largest absolute Gasteiger partial charge is 0.463 e. The molecule has 202 valence electrons. The number of carbonyl (C=O) groups excluding carboxylic acids is 1. The van der Waals surface area contributed by atoms with E-state index in [0.29, 0.717) is 13.0 Å². The summed E-state index contributed by atoms with van der Waals surface area (Å²) in [5.41, 5.74) is 1.04. The topological polar surface area (TPSA) is 55.8 Å². The monoisotopic (exact) mass is 490 g/mol. The molecule has 0 aliphatic carbocycles. The van der Waals surface area contributed by atoms with E-state index in [0.717, 1.165) is 18.4 Å². The van der Waals surface area contributed by atoms with E-state index in [-0.39, 0.29) is 19.2 Å². The van der Waals surface area contributed by atoms with Crippen LogP contribution in [0.25, 0.3) is 0 Å². The molecule has 1 N–H and O–H groups in total. The molecule has 1 aromatic rings. The standard InChI is InChI=1S/C31H54O4/c1-2-3-4-5-6-7-8-9-10-11-12-13-14-15-16-17-18-22-25-31(33)35-28-30(26-32)34-27-29-23-20-19-21-24-29/h19-21,23-24,30,32H,2-18,22,25-28H2,1H3. The quantitative estimate of drug-likeness (QED) is 0.110. The average molecular weight is 491 g/mol. The van der Waals surface area contributed by atoms with Crippen LogP contribution in [0.5, 0.6) is 0 Å². The summed E-state index contributed by atoms with van der Waals surface area (Å²) in [6.45, 7) is 2.65. The number of ether oxygens (including phenoxy) is 2. The van der Waals surface area contributed by atoms with Gasteiger partial charge in [0, 0.05) is 6.42 Å². The van der Waals surface area contributed by atoms with Crippen LogP contribution in [0, 0.1) is 0 Å². The van der Waals surface area contributed by atoms with Crippen LogP contribution in [0.4, 0.5) is 0 Å². The Morgan fingerprint density at radius 2 is 1.17 bits per heavy atom. The normalized spacial score (nSPS) is 12.1. The highest BCUT2D eigenvalue weighted by Crippen LogP contribution is 2.15. The molecule has 0 aliphatic rings. The Kier molecular flexibility index (Phi) is 22.0. The molecular formula is C31H54O4. The third kappa shape index (κ3) is 20.5. The van der Waals surface area contributed by atoms with Crippen LogP contribution in [-0.2, 0) is 20.9 Å². The van der Waals surface area contributed by atoms with Gasteiger partial charge < -0.3 is 14.6 Å². The molecule has 0 aliphatic heterocycles. The molecule has 0 bridgehead atoms. The molecule has 0 amide bonds. The number of rotatable bonds is 25. The van der Waals surface area contributed by atoms with Gasteiger partial charge in [-0.15, -0.1) is 0 Å². The van der Waals surface area contributed by atoms with E-state index in [4.69, 9.17) is 9.47 Å². The maximum Gasteiger partial charge on any atom is 0.305 e. The molecule has 4 nitrogen and oxygen atoms in total. The van der Waals surface area contributed by atoms with E-state index in [1.54, 1.807) is 0 Å². The summed E-state index contributed by atoms with van der Waals surface area (Å²) in [7, 11) is 0. The molecule has 1 unspecified atom stereocenters. The van der Waals surface area contributed by atoms with Gasteiger partial charge in [0.05, 0.1) is 13.2 Å². The molecule has 35 heavy (non-hydrogen) atoms. The molecular weight excluding hydrogens is 436 g/mol. The van der Waals surface area contributed by atoms with Gasteiger partial charge in [-0.05, 0) is 12.0 Å². The first-order valence-electron chi connectivity index (χ1n) is 14.7. The van der Waals surface area contributed by atoms with Gasteiger partial charge in [-0.2, -0.15) is 0 Å². The van der Waals surface area contributed by atoms with Crippen LogP contribution in [0.1, 0.15) is 134 Å². The first-order chi connectivity index (χ1) is 17.3. The van der Waals surface area contributed by atoms with E-state index in [2.05, 4.69) is 6.92 Å². The number of hydrogen-bond donors (Lipinski definition) is 1. The second-order valence-corrected chi connectivity index (χ2v) is 10.0. The van der Waals surface area contributed by atoms with Crippen molar-refractivity contribution in [1.82, 2.24) is 0 Å². The maximum atomic E-state index is 12.0. The van der Waals surface area contributed by atoms with Gasteiger partial charge in [0.1, 0.15) is 12.7 Å². The molecule has 1 aromatic carbocycles. The van der Waals surface area contributed by atoms with Crippen molar-refractivity contribution in [3.63, 3.8) is 0 Å². The molecule has 1 atom stereocenters. The second-order valence-electron chi connectivity index (χ2n) is 10.0. The van der Waals surface area contributed by atoms with Crippen molar-refractivity contribution in [2.24, 2.45) is 0 Å². The van der Waals surface area contributed by atoms with E-state index in [9.17, 15) is 9.90 Å². The van der Waals surface area contributed by atoms with E-state index in [1.165, 1.54) is 103 Å². The Labute approximate surface area is 216 Å². The van der Waals surface area contributed by atoms with Crippen LogP contribution in [-0.4, -0.2) is 30.4 Å². The Bertz CT molecular complexity index is 575. The minimum absolute atomic E-state index is 0.112. The summed E-state index contributed by atoms with van der Waals surface area (Å²) in [5.74, 6) is -0.191. The lowest BCUT2D eigenvalue weighted by atomic mass is 10.0. The summed E-state index contributed by atoms with van der Waals surface area (Å²) in [5, 5.41) is 9.44. The lowest BCUT2D eigenvalue weighted by Crippen LogP contribution is -2.25. The van der Waals surface area contributed by atoms with E-state index < -0.39 is 6.10 Å². The molecule has 4 heteroatoms. The lowest BCUT2D eigenvalue weighted by molar-refractivity contribution is -0.149. The number of esters is 1. The van der Waals surface area contributed by atoms with Crippen LogP contribution < -0.4 is 0 Å². The highest BCUT2D eigenvalue weighted by molar-refractivity contribution is 5.69. The summed E-state index contributed by atoms with van der Waals surface area (Å²) in [6, 6.07) is 9.80. The Hall–Kier alpha value is -1.39. The lowest BCUT2D eigenvalue weighted by Gasteiger charge is -2.15. The minimum atomic E-state index is -0.473. The number of unbranched alkanes of at least 4 members (excludes halogenated alkanes) is 17. The fraction of sp³-hybridized carbons (Fsp3) is 0.774. The van der Waals surface area contributed by atoms with Crippen LogP contribution in [0.3, 0.4) is 0 Å². The third-order valence-electron chi connectivity index (χ3n) is 6.70. The van der Waals surface area contributed by atoms with Crippen molar-refractivity contribution in [2.75, 3.05) is 13.2 Å². The van der Waals surface area contributed by atoms with Crippen molar-refractivity contribution in [3.8, 4) is 0 Å². The smallest absolute Gasteiger partial charge is 0.305 e. The van der Waals surface area contributed by atoms with Crippen molar-refractivity contribution >= 4 is 5.97 Å². The Morgan fingerprint density at radius 1 is 0.714 bits per heavy atom. The zero-order valence-corrected chi connectivity index (χ0v) is 22.7. The molecule has 0 aromatic heterocycles.